The van der Waals surface area contributed by atoms with Gasteiger partial charge in [0.1, 0.15) is 11.5 Å². The Labute approximate surface area is 129 Å². The maximum absolute atomic E-state index is 6.40. The largest absolute Gasteiger partial charge is 0.512 e. The summed E-state index contributed by atoms with van der Waals surface area (Å²) >= 11 is 0. The topological polar surface area (TPSA) is 18.5 Å². The fourth-order valence-corrected chi connectivity index (χ4v) is 5.87. The molecule has 3 heteroatoms. The highest BCUT2D eigenvalue weighted by molar-refractivity contribution is 6.68. The van der Waals surface area contributed by atoms with Gasteiger partial charge < -0.3 is 8.85 Å². The number of hydrogen-bond donors (Lipinski definition) is 0. The lowest BCUT2D eigenvalue weighted by atomic mass is 10.3. The fraction of sp³-hybridized carbons (Fsp3) is 0.333. The Bertz CT molecular complexity index is 464. The van der Waals surface area contributed by atoms with E-state index in [1.807, 2.05) is 60.7 Å². The molecule has 0 aromatic heterocycles. The van der Waals surface area contributed by atoms with Crippen LogP contribution in [-0.2, 0) is 0 Å². The van der Waals surface area contributed by atoms with E-state index in [1.165, 1.54) is 0 Å². The molecule has 112 valence electrons. The Hall–Kier alpha value is -1.74. The Kier molecular flexibility index (Phi) is 5.87. The van der Waals surface area contributed by atoms with E-state index in [-0.39, 0.29) is 0 Å². The molecule has 0 N–H and O–H groups in total. The molecule has 0 bridgehead atoms. The highest BCUT2D eigenvalue weighted by Crippen LogP contribution is 2.28. The van der Waals surface area contributed by atoms with E-state index in [9.17, 15) is 0 Å². The van der Waals surface area contributed by atoms with Gasteiger partial charge in [-0.3, -0.25) is 0 Å². The number of hydrogen-bond acceptors (Lipinski definition) is 2. The van der Waals surface area contributed by atoms with Crippen molar-refractivity contribution in [3.05, 3.63) is 60.7 Å². The van der Waals surface area contributed by atoms with Crippen LogP contribution in [0.2, 0.25) is 12.1 Å². The predicted molar refractivity (Wildman–Crippen MR) is 90.1 cm³/mol. The van der Waals surface area contributed by atoms with E-state index < -0.39 is 8.56 Å². The fourth-order valence-electron chi connectivity index (χ4n) is 2.52. The Morgan fingerprint density at radius 1 is 0.667 bits per heavy atom. The highest BCUT2D eigenvalue weighted by Gasteiger charge is 2.40. The van der Waals surface area contributed by atoms with E-state index in [0.717, 1.165) is 36.4 Å². The first-order valence-corrected chi connectivity index (χ1v) is 9.99. The molecule has 0 saturated heterocycles. The van der Waals surface area contributed by atoms with Crippen LogP contribution in [0, 0.1) is 0 Å². The molecule has 0 saturated carbocycles. The molecular formula is C18H24O2Si. The van der Waals surface area contributed by atoms with Crippen molar-refractivity contribution in [1.29, 1.82) is 0 Å². The van der Waals surface area contributed by atoms with Crippen LogP contribution in [0.25, 0.3) is 0 Å². The van der Waals surface area contributed by atoms with Crippen molar-refractivity contribution in [2.24, 2.45) is 0 Å². The lowest BCUT2D eigenvalue weighted by Crippen LogP contribution is -2.48. The highest BCUT2D eigenvalue weighted by atomic mass is 28.4. The van der Waals surface area contributed by atoms with Crippen molar-refractivity contribution in [3.8, 4) is 11.5 Å². The molecule has 0 amide bonds. The van der Waals surface area contributed by atoms with Crippen molar-refractivity contribution in [2.45, 2.75) is 38.8 Å². The summed E-state index contributed by atoms with van der Waals surface area (Å²) in [6, 6.07) is 22.1. The minimum atomic E-state index is -2.28. The molecule has 0 aliphatic carbocycles. The lowest BCUT2D eigenvalue weighted by molar-refractivity contribution is 0.375. The molecule has 0 heterocycles. The summed E-state index contributed by atoms with van der Waals surface area (Å²) in [5, 5.41) is 0. The van der Waals surface area contributed by atoms with Crippen molar-refractivity contribution in [2.75, 3.05) is 0 Å². The molecule has 0 spiro atoms. The van der Waals surface area contributed by atoms with Gasteiger partial charge in [-0.25, -0.2) is 0 Å². The Morgan fingerprint density at radius 2 is 1.05 bits per heavy atom. The van der Waals surface area contributed by atoms with Crippen LogP contribution >= 0.6 is 0 Å². The summed E-state index contributed by atoms with van der Waals surface area (Å²) in [6.07, 6.45) is 2.15. The molecule has 0 fully saturated rings. The normalized spacial score (nSPS) is 11.1. The number of benzene rings is 2. The zero-order valence-electron chi connectivity index (χ0n) is 12.9. The SMILES string of the molecule is CCC[Si](CCC)(Oc1ccccc1)Oc1ccccc1. The molecular weight excluding hydrogens is 276 g/mol. The average Bonchev–Trinajstić information content (AvgIpc) is 2.50. The van der Waals surface area contributed by atoms with Gasteiger partial charge in [-0.05, 0) is 24.3 Å². The smallest absolute Gasteiger partial charge is 0.460 e. The lowest BCUT2D eigenvalue weighted by Gasteiger charge is -2.31. The van der Waals surface area contributed by atoms with Gasteiger partial charge in [0, 0.05) is 12.1 Å². The first-order valence-electron chi connectivity index (χ1n) is 7.76. The Balaban J connectivity index is 2.23. The van der Waals surface area contributed by atoms with Gasteiger partial charge in [0.25, 0.3) is 0 Å². The second-order valence-corrected chi connectivity index (χ2v) is 8.47. The number of rotatable bonds is 8. The van der Waals surface area contributed by atoms with Gasteiger partial charge in [0.15, 0.2) is 0 Å². The summed E-state index contributed by atoms with van der Waals surface area (Å²) in [5.41, 5.74) is 0. The molecule has 2 aromatic rings. The van der Waals surface area contributed by atoms with Crippen LogP contribution in [0.1, 0.15) is 26.7 Å². The summed E-state index contributed by atoms with van der Waals surface area (Å²) in [5.74, 6) is 1.84. The monoisotopic (exact) mass is 300 g/mol. The van der Waals surface area contributed by atoms with Gasteiger partial charge >= 0.3 is 8.56 Å². The summed E-state index contributed by atoms with van der Waals surface area (Å²) in [6.45, 7) is 4.39. The van der Waals surface area contributed by atoms with Crippen molar-refractivity contribution in [1.82, 2.24) is 0 Å². The second-order valence-electron chi connectivity index (χ2n) is 5.24. The third kappa shape index (κ3) is 4.64. The third-order valence-corrected chi connectivity index (χ3v) is 7.09. The molecule has 21 heavy (non-hydrogen) atoms. The van der Waals surface area contributed by atoms with Crippen LogP contribution in [0.5, 0.6) is 11.5 Å². The van der Waals surface area contributed by atoms with E-state index in [4.69, 9.17) is 8.85 Å². The van der Waals surface area contributed by atoms with Crippen molar-refractivity contribution < 1.29 is 8.85 Å². The van der Waals surface area contributed by atoms with Gasteiger partial charge in [-0.2, -0.15) is 0 Å². The minimum absolute atomic E-state index is 0.919. The van der Waals surface area contributed by atoms with Crippen LogP contribution in [0.3, 0.4) is 0 Å². The molecule has 0 aliphatic rings. The summed E-state index contributed by atoms with van der Waals surface area (Å²) in [4.78, 5) is 0. The number of para-hydroxylation sites is 2. The maximum Gasteiger partial charge on any atom is 0.460 e. The van der Waals surface area contributed by atoms with E-state index >= 15 is 0 Å². The second kappa shape index (κ2) is 7.89. The minimum Gasteiger partial charge on any atom is -0.512 e. The van der Waals surface area contributed by atoms with Crippen molar-refractivity contribution in [3.63, 3.8) is 0 Å². The van der Waals surface area contributed by atoms with E-state index in [0.29, 0.717) is 0 Å². The van der Waals surface area contributed by atoms with Crippen LogP contribution in [0.15, 0.2) is 60.7 Å². The third-order valence-electron chi connectivity index (χ3n) is 3.36. The zero-order chi connectivity index (χ0) is 15.0. The summed E-state index contributed by atoms with van der Waals surface area (Å²) in [7, 11) is -2.28. The molecule has 0 unspecified atom stereocenters. The quantitative estimate of drug-likeness (QED) is 0.607. The maximum atomic E-state index is 6.40. The zero-order valence-corrected chi connectivity index (χ0v) is 13.9. The van der Waals surface area contributed by atoms with Crippen molar-refractivity contribution >= 4 is 8.56 Å². The van der Waals surface area contributed by atoms with Gasteiger partial charge in [-0.1, -0.05) is 63.1 Å². The summed E-state index contributed by atoms with van der Waals surface area (Å²) < 4.78 is 12.8. The van der Waals surface area contributed by atoms with Crippen LogP contribution < -0.4 is 8.85 Å². The Morgan fingerprint density at radius 3 is 1.38 bits per heavy atom. The standard InChI is InChI=1S/C18H24O2Si/c1-3-15-21(16-4-2,19-17-11-7-5-8-12-17)20-18-13-9-6-10-14-18/h5-14H,3-4,15-16H2,1-2H3. The first kappa shape index (κ1) is 15.6. The van der Waals surface area contributed by atoms with Crippen LogP contribution in [-0.4, -0.2) is 8.56 Å². The van der Waals surface area contributed by atoms with Gasteiger partial charge in [-0.15, -0.1) is 0 Å². The van der Waals surface area contributed by atoms with Gasteiger partial charge in [0.2, 0.25) is 0 Å². The molecule has 0 radical (unpaired) electrons. The molecule has 0 atom stereocenters. The van der Waals surface area contributed by atoms with E-state index in [2.05, 4.69) is 13.8 Å². The molecule has 2 rings (SSSR count). The molecule has 0 aliphatic heterocycles. The van der Waals surface area contributed by atoms with Crippen LogP contribution in [0.4, 0.5) is 0 Å². The molecule has 2 nitrogen and oxygen atoms in total. The van der Waals surface area contributed by atoms with E-state index in [1.54, 1.807) is 0 Å². The van der Waals surface area contributed by atoms with Gasteiger partial charge in [0.05, 0.1) is 0 Å². The average molecular weight is 300 g/mol. The first-order chi connectivity index (χ1) is 10.3. The predicted octanol–water partition coefficient (Wildman–Crippen LogP) is 5.41. The molecule has 2 aromatic carbocycles.